The van der Waals surface area contributed by atoms with Crippen LogP contribution in [-0.2, 0) is 11.3 Å². The van der Waals surface area contributed by atoms with Gasteiger partial charge in [0.05, 0.1) is 11.3 Å². The first-order valence-corrected chi connectivity index (χ1v) is 11.1. The molecule has 33 heavy (non-hydrogen) atoms. The molecule has 1 amide bonds. The van der Waals surface area contributed by atoms with E-state index in [1.165, 1.54) is 23.9 Å². The molecule has 8 nitrogen and oxygen atoms in total. The lowest BCUT2D eigenvalue weighted by atomic mass is 10.3. The van der Waals surface area contributed by atoms with Crippen molar-refractivity contribution < 1.29 is 9.18 Å². The van der Waals surface area contributed by atoms with E-state index in [-0.39, 0.29) is 11.7 Å². The van der Waals surface area contributed by atoms with Gasteiger partial charge in [0.15, 0.2) is 11.0 Å². The number of aromatic nitrogens is 6. The molecule has 0 bridgehead atoms. The minimum Gasteiger partial charge on any atom is -0.325 e. The summed E-state index contributed by atoms with van der Waals surface area (Å²) in [7, 11) is 0. The SMILES string of the molecule is O=C(CSc1nnc(Cn2nnc3ccccc32)n1-c1ccccc1)Nc1cccc(F)c1. The third-order valence-corrected chi connectivity index (χ3v) is 5.80. The molecule has 164 valence electrons. The van der Waals surface area contributed by atoms with Gasteiger partial charge in [-0.2, -0.15) is 0 Å². The zero-order valence-electron chi connectivity index (χ0n) is 17.3. The van der Waals surface area contributed by atoms with Gasteiger partial charge in [-0.15, -0.1) is 15.3 Å². The highest BCUT2D eigenvalue weighted by Gasteiger charge is 2.17. The lowest BCUT2D eigenvalue weighted by molar-refractivity contribution is -0.113. The number of amides is 1. The van der Waals surface area contributed by atoms with E-state index in [1.54, 1.807) is 16.8 Å². The number of thioether (sulfide) groups is 1. The molecule has 0 atom stereocenters. The predicted octanol–water partition coefficient (Wildman–Crippen LogP) is 3.93. The molecular weight excluding hydrogens is 441 g/mol. The second kappa shape index (κ2) is 9.21. The summed E-state index contributed by atoms with van der Waals surface area (Å²) < 4.78 is 17.0. The number of anilines is 1. The van der Waals surface area contributed by atoms with Crippen LogP contribution in [-0.4, -0.2) is 41.4 Å². The van der Waals surface area contributed by atoms with Crippen LogP contribution in [0.3, 0.4) is 0 Å². The minimum atomic E-state index is -0.408. The average molecular weight is 460 g/mol. The van der Waals surface area contributed by atoms with Crippen molar-refractivity contribution in [2.45, 2.75) is 11.7 Å². The van der Waals surface area contributed by atoms with Gasteiger partial charge in [-0.3, -0.25) is 9.36 Å². The zero-order valence-corrected chi connectivity index (χ0v) is 18.1. The molecule has 0 saturated heterocycles. The van der Waals surface area contributed by atoms with Gasteiger partial charge < -0.3 is 5.32 Å². The van der Waals surface area contributed by atoms with Gasteiger partial charge in [-0.05, 0) is 42.5 Å². The Morgan fingerprint density at radius 3 is 2.61 bits per heavy atom. The third-order valence-electron chi connectivity index (χ3n) is 4.87. The second-order valence-corrected chi connectivity index (χ2v) is 8.10. The van der Waals surface area contributed by atoms with Crippen LogP contribution in [0.4, 0.5) is 10.1 Å². The molecule has 0 fully saturated rings. The Labute approximate surface area is 192 Å². The van der Waals surface area contributed by atoms with E-state index in [4.69, 9.17) is 0 Å². The Morgan fingerprint density at radius 2 is 1.76 bits per heavy atom. The standard InChI is InChI=1S/C23H18FN7OS/c24-16-7-6-8-17(13-16)25-22(32)15-33-23-28-27-21(31(23)18-9-2-1-3-10-18)14-30-20-12-5-4-11-19(20)26-29-30/h1-13H,14-15H2,(H,25,32). The first kappa shape index (κ1) is 20.8. The quantitative estimate of drug-likeness (QED) is 0.371. The maximum Gasteiger partial charge on any atom is 0.234 e. The summed E-state index contributed by atoms with van der Waals surface area (Å²) in [5.41, 5.74) is 2.97. The summed E-state index contributed by atoms with van der Waals surface area (Å²) in [4.78, 5) is 12.4. The van der Waals surface area contributed by atoms with Crippen molar-refractivity contribution in [2.75, 3.05) is 11.1 Å². The number of para-hydroxylation sites is 2. The van der Waals surface area contributed by atoms with Gasteiger partial charge in [-0.1, -0.05) is 53.4 Å². The molecular formula is C23H18FN7OS. The Balaban J connectivity index is 1.39. The lowest BCUT2D eigenvalue weighted by Gasteiger charge is -2.10. The van der Waals surface area contributed by atoms with Crippen LogP contribution in [0.2, 0.25) is 0 Å². The van der Waals surface area contributed by atoms with Crippen LogP contribution < -0.4 is 5.32 Å². The van der Waals surface area contributed by atoms with Crippen molar-refractivity contribution in [3.63, 3.8) is 0 Å². The molecule has 2 aromatic heterocycles. The number of rotatable bonds is 7. The highest BCUT2D eigenvalue weighted by Crippen LogP contribution is 2.23. The number of nitrogens with one attached hydrogen (secondary N) is 1. The summed E-state index contributed by atoms with van der Waals surface area (Å²) >= 11 is 1.25. The van der Waals surface area contributed by atoms with E-state index in [9.17, 15) is 9.18 Å². The number of benzene rings is 3. The number of carbonyl (C=O) groups is 1. The summed E-state index contributed by atoms with van der Waals surface area (Å²) in [5, 5.41) is 20.4. The molecule has 0 radical (unpaired) electrons. The normalized spacial score (nSPS) is 11.1. The first-order chi connectivity index (χ1) is 16.2. The molecule has 1 N–H and O–H groups in total. The molecule has 0 spiro atoms. The molecule has 3 aromatic carbocycles. The largest absolute Gasteiger partial charge is 0.325 e. The summed E-state index contributed by atoms with van der Waals surface area (Å²) in [6.07, 6.45) is 0. The van der Waals surface area contributed by atoms with Crippen molar-refractivity contribution in [3.8, 4) is 5.69 Å². The number of fused-ring (bicyclic) bond motifs is 1. The smallest absolute Gasteiger partial charge is 0.234 e. The number of hydrogen-bond acceptors (Lipinski definition) is 6. The van der Waals surface area contributed by atoms with Crippen molar-refractivity contribution >= 4 is 34.4 Å². The van der Waals surface area contributed by atoms with Crippen LogP contribution in [0.15, 0.2) is 84.0 Å². The second-order valence-electron chi connectivity index (χ2n) is 7.15. The molecule has 0 aliphatic carbocycles. The Bertz CT molecular complexity index is 1420. The highest BCUT2D eigenvalue weighted by molar-refractivity contribution is 7.99. The van der Waals surface area contributed by atoms with E-state index in [1.807, 2.05) is 59.2 Å². The van der Waals surface area contributed by atoms with Gasteiger partial charge in [0.1, 0.15) is 17.9 Å². The van der Waals surface area contributed by atoms with Crippen molar-refractivity contribution in [2.24, 2.45) is 0 Å². The van der Waals surface area contributed by atoms with Gasteiger partial charge >= 0.3 is 0 Å². The van der Waals surface area contributed by atoms with Crippen LogP contribution in [0.1, 0.15) is 5.82 Å². The average Bonchev–Trinajstić information content (AvgIpc) is 3.43. The number of halogens is 1. The molecule has 0 aliphatic rings. The summed E-state index contributed by atoms with van der Waals surface area (Å²) in [6.45, 7) is 0.360. The fourth-order valence-electron chi connectivity index (χ4n) is 3.39. The predicted molar refractivity (Wildman–Crippen MR) is 124 cm³/mol. The van der Waals surface area contributed by atoms with Crippen LogP contribution in [0, 0.1) is 5.82 Å². The monoisotopic (exact) mass is 459 g/mol. The highest BCUT2D eigenvalue weighted by atomic mass is 32.2. The van der Waals surface area contributed by atoms with Gasteiger partial charge in [0.25, 0.3) is 0 Å². The molecule has 10 heteroatoms. The topological polar surface area (TPSA) is 90.5 Å². The van der Waals surface area contributed by atoms with Gasteiger partial charge in [0.2, 0.25) is 5.91 Å². The molecule has 0 unspecified atom stereocenters. The maximum absolute atomic E-state index is 13.4. The molecule has 5 rings (SSSR count). The van der Waals surface area contributed by atoms with Crippen LogP contribution >= 0.6 is 11.8 Å². The third kappa shape index (κ3) is 4.60. The van der Waals surface area contributed by atoms with Crippen LogP contribution in [0.5, 0.6) is 0 Å². The molecule has 0 aliphatic heterocycles. The fraction of sp³-hybridized carbons (Fsp3) is 0.0870. The molecule has 5 aromatic rings. The van der Waals surface area contributed by atoms with Crippen molar-refractivity contribution in [3.05, 3.63) is 90.5 Å². The van der Waals surface area contributed by atoms with E-state index in [0.717, 1.165) is 16.7 Å². The van der Waals surface area contributed by atoms with Gasteiger partial charge in [-0.25, -0.2) is 9.07 Å². The Hall–Kier alpha value is -4.05. The molecule has 0 saturated carbocycles. The van der Waals surface area contributed by atoms with Crippen molar-refractivity contribution in [1.29, 1.82) is 0 Å². The fourth-order valence-corrected chi connectivity index (χ4v) is 4.16. The van der Waals surface area contributed by atoms with Gasteiger partial charge in [0, 0.05) is 11.4 Å². The number of nitrogens with zero attached hydrogens (tertiary/aromatic N) is 6. The molecule has 2 heterocycles. The lowest BCUT2D eigenvalue weighted by Crippen LogP contribution is -2.15. The Morgan fingerprint density at radius 1 is 0.939 bits per heavy atom. The van der Waals surface area contributed by atoms with E-state index in [0.29, 0.717) is 23.2 Å². The number of carbonyl (C=O) groups excluding carboxylic acids is 1. The van der Waals surface area contributed by atoms with E-state index in [2.05, 4.69) is 25.8 Å². The van der Waals surface area contributed by atoms with E-state index >= 15 is 0 Å². The number of hydrogen-bond donors (Lipinski definition) is 1. The zero-order chi connectivity index (χ0) is 22.6. The summed E-state index contributed by atoms with van der Waals surface area (Å²) in [5.74, 6) is 0.0739. The first-order valence-electron chi connectivity index (χ1n) is 10.1. The van der Waals surface area contributed by atoms with E-state index < -0.39 is 5.82 Å². The van der Waals surface area contributed by atoms with Crippen molar-refractivity contribution in [1.82, 2.24) is 29.8 Å². The Kier molecular flexibility index (Phi) is 5.81. The van der Waals surface area contributed by atoms with Crippen LogP contribution in [0.25, 0.3) is 16.7 Å². The maximum atomic E-state index is 13.4. The minimum absolute atomic E-state index is 0.0910. The summed E-state index contributed by atoms with van der Waals surface area (Å²) in [6, 6.07) is 23.2.